The predicted molar refractivity (Wildman–Crippen MR) is 116 cm³/mol. The number of Topliss-reactive ketones (excluding diaryl/α,β-unsaturated/α-hetero) is 1. The summed E-state index contributed by atoms with van der Waals surface area (Å²) in [7, 11) is 3.61. The average molecular weight is 445 g/mol. The van der Waals surface area contributed by atoms with Crippen LogP contribution in [0.1, 0.15) is 50.1 Å². The highest BCUT2D eigenvalue weighted by Gasteiger charge is 2.28. The quantitative estimate of drug-likeness (QED) is 0.326. The molecule has 0 amide bonds. The van der Waals surface area contributed by atoms with Gasteiger partial charge in [0.1, 0.15) is 16.7 Å². The van der Waals surface area contributed by atoms with Crippen LogP contribution >= 0.6 is 11.3 Å². The fourth-order valence-electron chi connectivity index (χ4n) is 2.78. The van der Waals surface area contributed by atoms with Gasteiger partial charge < -0.3 is 18.8 Å². The highest BCUT2D eigenvalue weighted by atomic mass is 32.1. The van der Waals surface area contributed by atoms with Gasteiger partial charge in [-0.3, -0.25) is 4.79 Å². The first-order valence-electron chi connectivity index (χ1n) is 9.62. The highest BCUT2D eigenvalue weighted by molar-refractivity contribution is 7.14. The van der Waals surface area contributed by atoms with E-state index < -0.39 is 17.7 Å². The van der Waals surface area contributed by atoms with Crippen molar-refractivity contribution in [2.24, 2.45) is 0 Å². The van der Waals surface area contributed by atoms with Crippen molar-refractivity contribution >= 4 is 41.0 Å². The number of hydrogen-bond donors (Lipinski definition) is 0. The van der Waals surface area contributed by atoms with E-state index in [1.54, 1.807) is 51.9 Å². The Morgan fingerprint density at radius 1 is 1.16 bits per heavy atom. The molecule has 0 aliphatic heterocycles. The second-order valence-corrected chi connectivity index (χ2v) is 7.74. The number of thiophene rings is 1. The molecule has 2 aromatic rings. The Balaban J connectivity index is 2.40. The van der Waals surface area contributed by atoms with Gasteiger partial charge in [-0.1, -0.05) is 0 Å². The summed E-state index contributed by atoms with van der Waals surface area (Å²) in [6, 6.07) is 5.25. The first-order chi connectivity index (χ1) is 14.7. The van der Waals surface area contributed by atoms with Crippen molar-refractivity contribution in [3.05, 3.63) is 44.3 Å². The predicted octanol–water partition coefficient (Wildman–Crippen LogP) is 3.79. The minimum Gasteiger partial charge on any atom is -0.462 e. The van der Waals surface area contributed by atoms with Crippen molar-refractivity contribution in [1.29, 1.82) is 5.26 Å². The molecule has 0 unspecified atom stereocenters. The van der Waals surface area contributed by atoms with E-state index in [4.69, 9.17) is 13.9 Å². The maximum Gasteiger partial charge on any atom is 0.348 e. The average Bonchev–Trinajstić information content (AvgIpc) is 3.31. The number of esters is 2. The van der Waals surface area contributed by atoms with Crippen molar-refractivity contribution in [2.45, 2.75) is 27.2 Å². The lowest BCUT2D eigenvalue weighted by molar-refractivity contribution is -0.114. The first kappa shape index (κ1) is 23.9. The number of allylic oxidation sites excluding steroid dienone is 1. The maximum absolute atomic E-state index is 12.8. The minimum absolute atomic E-state index is 0.127. The number of ether oxygens (including phenoxy) is 2. The third-order valence-electron chi connectivity index (χ3n) is 4.24. The van der Waals surface area contributed by atoms with Crippen LogP contribution in [0.5, 0.6) is 0 Å². The Morgan fingerprint density at radius 3 is 2.35 bits per heavy atom. The van der Waals surface area contributed by atoms with Gasteiger partial charge in [0.15, 0.2) is 11.7 Å². The lowest BCUT2D eigenvalue weighted by Crippen LogP contribution is -2.12. The Morgan fingerprint density at radius 2 is 1.81 bits per heavy atom. The van der Waals surface area contributed by atoms with Crippen LogP contribution in [0.15, 0.2) is 22.1 Å². The van der Waals surface area contributed by atoms with E-state index in [9.17, 15) is 19.6 Å². The third kappa shape index (κ3) is 5.61. The smallest absolute Gasteiger partial charge is 0.348 e. The molecule has 164 valence electrons. The van der Waals surface area contributed by atoms with Crippen LogP contribution in [0.25, 0.3) is 6.08 Å². The molecule has 0 aliphatic carbocycles. The van der Waals surface area contributed by atoms with E-state index in [2.05, 4.69) is 0 Å². The molecular weight excluding hydrogens is 420 g/mol. The van der Waals surface area contributed by atoms with E-state index in [1.807, 2.05) is 6.07 Å². The number of nitriles is 1. The molecule has 2 rings (SSSR count). The van der Waals surface area contributed by atoms with E-state index in [0.717, 1.165) is 11.3 Å². The zero-order valence-corrected chi connectivity index (χ0v) is 18.9. The Hall–Kier alpha value is -3.38. The molecule has 0 aliphatic rings. The van der Waals surface area contributed by atoms with Crippen molar-refractivity contribution in [3.63, 3.8) is 0 Å². The summed E-state index contributed by atoms with van der Waals surface area (Å²) in [6.45, 7) is 5.27. The number of hydrogen-bond acceptors (Lipinski definition) is 9. The van der Waals surface area contributed by atoms with Crippen molar-refractivity contribution in [1.82, 2.24) is 0 Å². The lowest BCUT2D eigenvalue weighted by Gasteiger charge is -2.06. The van der Waals surface area contributed by atoms with E-state index in [1.165, 1.54) is 6.08 Å². The normalized spacial score (nSPS) is 11.0. The molecule has 0 fully saturated rings. The van der Waals surface area contributed by atoms with Crippen molar-refractivity contribution < 1.29 is 28.3 Å². The number of nitrogens with zero attached hydrogens (tertiary/aromatic N) is 2. The summed E-state index contributed by atoms with van der Waals surface area (Å²) in [6.07, 6.45) is 1.12. The van der Waals surface area contributed by atoms with Crippen LogP contribution in [0.4, 0.5) is 5.88 Å². The molecule has 2 heterocycles. The van der Waals surface area contributed by atoms with Gasteiger partial charge in [-0.25, -0.2) is 9.59 Å². The Bertz CT molecular complexity index is 1050. The number of ketones is 1. The molecular formula is C22H24N2O6S. The minimum atomic E-state index is -0.626. The molecule has 0 saturated carbocycles. The molecule has 8 nitrogen and oxygen atoms in total. The fraction of sp³-hybridized carbons (Fsp3) is 0.364. The molecule has 0 saturated heterocycles. The molecule has 0 atom stereocenters. The van der Waals surface area contributed by atoms with Gasteiger partial charge in [-0.15, -0.1) is 11.3 Å². The Kier molecular flexibility index (Phi) is 8.16. The molecule has 0 bridgehead atoms. The van der Waals surface area contributed by atoms with Gasteiger partial charge in [0.25, 0.3) is 0 Å². The van der Waals surface area contributed by atoms with Crippen molar-refractivity contribution in [2.75, 3.05) is 32.2 Å². The zero-order valence-electron chi connectivity index (χ0n) is 18.1. The number of carbonyl (C=O) groups excluding carboxylic acids is 3. The van der Waals surface area contributed by atoms with Gasteiger partial charge in [0.05, 0.1) is 24.4 Å². The van der Waals surface area contributed by atoms with E-state index >= 15 is 0 Å². The molecule has 0 radical (unpaired) electrons. The summed E-state index contributed by atoms with van der Waals surface area (Å²) >= 11 is 0.996. The standard InChI is InChI=1S/C22H24N2O6S/c1-6-28-21(26)19-13(3)20(22(27)29-7-2)31-17(19)11-16(25)14(12-23)10-15-8-9-18(30-15)24(4)5/h8-10H,6-7,11H2,1-5H3. The van der Waals surface area contributed by atoms with Crippen LogP contribution < -0.4 is 4.90 Å². The summed E-state index contributed by atoms with van der Waals surface area (Å²) in [5.41, 5.74) is 0.431. The van der Waals surface area contributed by atoms with Crippen LogP contribution in [0, 0.1) is 18.3 Å². The fourth-order valence-corrected chi connectivity index (χ4v) is 3.96. The molecule has 0 aromatic carbocycles. The van der Waals surface area contributed by atoms with Crippen LogP contribution in [0.3, 0.4) is 0 Å². The van der Waals surface area contributed by atoms with Gasteiger partial charge in [-0.2, -0.15) is 5.26 Å². The van der Waals surface area contributed by atoms with E-state index in [-0.39, 0.29) is 35.6 Å². The first-order valence-corrected chi connectivity index (χ1v) is 10.4. The summed E-state index contributed by atoms with van der Waals surface area (Å²) < 4.78 is 15.7. The van der Waals surface area contributed by atoms with Gasteiger partial charge in [-0.05, 0) is 32.4 Å². The monoisotopic (exact) mass is 444 g/mol. The number of rotatable bonds is 9. The largest absolute Gasteiger partial charge is 0.462 e. The summed E-state index contributed by atoms with van der Waals surface area (Å²) in [5, 5.41) is 9.48. The second-order valence-electron chi connectivity index (χ2n) is 6.64. The number of furan rings is 1. The lowest BCUT2D eigenvalue weighted by atomic mass is 10.0. The molecule has 31 heavy (non-hydrogen) atoms. The van der Waals surface area contributed by atoms with Crippen LogP contribution in [-0.4, -0.2) is 45.0 Å². The van der Waals surface area contributed by atoms with Gasteiger partial charge >= 0.3 is 11.9 Å². The number of carbonyl (C=O) groups is 3. The summed E-state index contributed by atoms with van der Waals surface area (Å²) in [4.78, 5) is 39.9. The second kappa shape index (κ2) is 10.6. The molecule has 9 heteroatoms. The van der Waals surface area contributed by atoms with Crippen molar-refractivity contribution in [3.8, 4) is 6.07 Å². The molecule has 0 spiro atoms. The Labute approximate surface area is 184 Å². The highest BCUT2D eigenvalue weighted by Crippen LogP contribution is 2.31. The summed E-state index contributed by atoms with van der Waals surface area (Å²) in [5.74, 6) is -0.773. The van der Waals surface area contributed by atoms with Gasteiger partial charge in [0, 0.05) is 37.5 Å². The van der Waals surface area contributed by atoms with Crippen LogP contribution in [0.2, 0.25) is 0 Å². The number of anilines is 1. The molecule has 2 aromatic heterocycles. The third-order valence-corrected chi connectivity index (χ3v) is 5.51. The maximum atomic E-state index is 12.8. The SMILES string of the molecule is CCOC(=O)c1sc(CC(=O)C(C#N)=Cc2ccc(N(C)C)o2)c(C(=O)OCC)c1C. The molecule has 0 N–H and O–H groups in total. The van der Waals surface area contributed by atoms with E-state index in [0.29, 0.717) is 22.1 Å². The zero-order chi connectivity index (χ0) is 23.1. The van der Waals surface area contributed by atoms with Crippen LogP contribution in [-0.2, 0) is 20.7 Å². The topological polar surface area (TPSA) is 110 Å². The van der Waals surface area contributed by atoms with Gasteiger partial charge in [0.2, 0.25) is 0 Å².